The molecule has 0 radical (unpaired) electrons. The van der Waals surface area contributed by atoms with Gasteiger partial charge in [-0.3, -0.25) is 9.97 Å². The first kappa shape index (κ1) is 14.0. The SMILES string of the molecule is O=C1NCCN1C(=O)NCc1cccnc1-c1ccncc1. The first-order valence-electron chi connectivity index (χ1n) is 6.93. The van der Waals surface area contributed by atoms with Gasteiger partial charge >= 0.3 is 12.1 Å². The lowest BCUT2D eigenvalue weighted by molar-refractivity contribution is 0.198. The molecule has 112 valence electrons. The van der Waals surface area contributed by atoms with Gasteiger partial charge in [0.15, 0.2) is 0 Å². The molecule has 3 heterocycles. The number of nitrogens with zero attached hydrogens (tertiary/aromatic N) is 3. The number of carbonyl (C=O) groups is 2. The third-order valence-electron chi connectivity index (χ3n) is 3.38. The van der Waals surface area contributed by atoms with Crippen molar-refractivity contribution in [1.82, 2.24) is 25.5 Å². The van der Waals surface area contributed by atoms with Crippen molar-refractivity contribution in [2.45, 2.75) is 6.54 Å². The van der Waals surface area contributed by atoms with Gasteiger partial charge in [0.2, 0.25) is 0 Å². The maximum Gasteiger partial charge on any atom is 0.325 e. The summed E-state index contributed by atoms with van der Waals surface area (Å²) in [5, 5.41) is 5.34. The molecule has 4 amide bonds. The van der Waals surface area contributed by atoms with E-state index >= 15 is 0 Å². The van der Waals surface area contributed by atoms with E-state index in [0.29, 0.717) is 19.6 Å². The molecule has 2 N–H and O–H groups in total. The van der Waals surface area contributed by atoms with Crippen molar-refractivity contribution in [2.24, 2.45) is 0 Å². The smallest absolute Gasteiger partial charge is 0.325 e. The third kappa shape index (κ3) is 2.88. The van der Waals surface area contributed by atoms with E-state index in [1.54, 1.807) is 18.6 Å². The van der Waals surface area contributed by atoms with Crippen molar-refractivity contribution in [1.29, 1.82) is 0 Å². The quantitative estimate of drug-likeness (QED) is 0.896. The van der Waals surface area contributed by atoms with Crippen LogP contribution in [0.15, 0.2) is 42.9 Å². The van der Waals surface area contributed by atoms with Gasteiger partial charge in [-0.05, 0) is 23.8 Å². The van der Waals surface area contributed by atoms with E-state index in [0.717, 1.165) is 21.7 Å². The lowest BCUT2D eigenvalue weighted by Crippen LogP contribution is -2.41. The molecule has 7 nitrogen and oxygen atoms in total. The van der Waals surface area contributed by atoms with Gasteiger partial charge < -0.3 is 10.6 Å². The molecular weight excluding hydrogens is 282 g/mol. The van der Waals surface area contributed by atoms with Crippen LogP contribution in [0.1, 0.15) is 5.56 Å². The summed E-state index contributed by atoms with van der Waals surface area (Å²) < 4.78 is 0. The molecule has 0 saturated carbocycles. The van der Waals surface area contributed by atoms with Crippen LogP contribution in [0.25, 0.3) is 11.3 Å². The van der Waals surface area contributed by atoms with E-state index in [9.17, 15) is 9.59 Å². The van der Waals surface area contributed by atoms with E-state index in [1.807, 2.05) is 24.3 Å². The third-order valence-corrected chi connectivity index (χ3v) is 3.38. The minimum absolute atomic E-state index is 0.300. The van der Waals surface area contributed by atoms with Crippen molar-refractivity contribution in [3.63, 3.8) is 0 Å². The van der Waals surface area contributed by atoms with Crippen LogP contribution in [0.5, 0.6) is 0 Å². The van der Waals surface area contributed by atoms with E-state index in [-0.39, 0.29) is 6.03 Å². The standard InChI is InChI=1S/C15H15N5O2/c21-14-18-8-9-20(14)15(22)19-10-12-2-1-5-17-13(12)11-3-6-16-7-4-11/h1-7H,8-10H2,(H,18,21)(H,19,22). The van der Waals surface area contributed by atoms with Gasteiger partial charge in [-0.2, -0.15) is 0 Å². The molecule has 0 unspecified atom stereocenters. The van der Waals surface area contributed by atoms with Crippen LogP contribution in [0, 0.1) is 0 Å². The molecule has 22 heavy (non-hydrogen) atoms. The molecule has 1 aliphatic rings. The predicted molar refractivity (Wildman–Crippen MR) is 79.8 cm³/mol. The van der Waals surface area contributed by atoms with Crippen LogP contribution in [0.3, 0.4) is 0 Å². The molecule has 0 spiro atoms. The molecular formula is C15H15N5O2. The molecule has 7 heteroatoms. The zero-order chi connectivity index (χ0) is 15.4. The Kier molecular flexibility index (Phi) is 3.95. The number of hydrogen-bond donors (Lipinski definition) is 2. The van der Waals surface area contributed by atoms with Crippen molar-refractivity contribution >= 4 is 12.1 Å². The Morgan fingerprint density at radius 2 is 2.09 bits per heavy atom. The highest BCUT2D eigenvalue weighted by Crippen LogP contribution is 2.20. The summed E-state index contributed by atoms with van der Waals surface area (Å²) >= 11 is 0. The van der Waals surface area contributed by atoms with Crippen LogP contribution in [-0.2, 0) is 6.54 Å². The van der Waals surface area contributed by atoms with Crippen LogP contribution in [0.4, 0.5) is 9.59 Å². The lowest BCUT2D eigenvalue weighted by atomic mass is 10.1. The topological polar surface area (TPSA) is 87.2 Å². The molecule has 0 atom stereocenters. The number of aromatic nitrogens is 2. The van der Waals surface area contributed by atoms with Crippen LogP contribution in [0.2, 0.25) is 0 Å². The van der Waals surface area contributed by atoms with Gasteiger partial charge in [0.1, 0.15) is 0 Å². The average Bonchev–Trinajstić information content (AvgIpc) is 3.00. The zero-order valence-corrected chi connectivity index (χ0v) is 11.8. The summed E-state index contributed by atoms with van der Waals surface area (Å²) in [6, 6.07) is 6.67. The van der Waals surface area contributed by atoms with Crippen LogP contribution in [-0.4, -0.2) is 40.0 Å². The number of amides is 4. The van der Waals surface area contributed by atoms with E-state index < -0.39 is 6.03 Å². The van der Waals surface area contributed by atoms with Crippen LogP contribution < -0.4 is 10.6 Å². The fourth-order valence-corrected chi connectivity index (χ4v) is 2.28. The van der Waals surface area contributed by atoms with Gasteiger partial charge in [0, 0.05) is 43.8 Å². The maximum atomic E-state index is 12.0. The Labute approximate surface area is 127 Å². The molecule has 1 fully saturated rings. The second kappa shape index (κ2) is 6.21. The number of hydrogen-bond acceptors (Lipinski definition) is 4. The first-order valence-corrected chi connectivity index (χ1v) is 6.93. The van der Waals surface area contributed by atoms with Gasteiger partial charge in [0.25, 0.3) is 0 Å². The second-order valence-electron chi connectivity index (χ2n) is 4.79. The minimum Gasteiger partial charge on any atom is -0.336 e. The van der Waals surface area contributed by atoms with E-state index in [4.69, 9.17) is 0 Å². The van der Waals surface area contributed by atoms with Crippen molar-refractivity contribution in [2.75, 3.05) is 13.1 Å². The maximum absolute atomic E-state index is 12.0. The van der Waals surface area contributed by atoms with Crippen molar-refractivity contribution < 1.29 is 9.59 Å². The molecule has 0 bridgehead atoms. The number of imide groups is 1. The Morgan fingerprint density at radius 3 is 2.82 bits per heavy atom. The van der Waals surface area contributed by atoms with Crippen molar-refractivity contribution in [3.8, 4) is 11.3 Å². The molecule has 0 aliphatic carbocycles. The number of urea groups is 2. The average molecular weight is 297 g/mol. The lowest BCUT2D eigenvalue weighted by Gasteiger charge is -2.14. The summed E-state index contributed by atoms with van der Waals surface area (Å²) in [6.45, 7) is 1.17. The Hall–Kier alpha value is -2.96. The second-order valence-corrected chi connectivity index (χ2v) is 4.79. The fourth-order valence-electron chi connectivity index (χ4n) is 2.28. The Bertz CT molecular complexity index is 689. The van der Waals surface area contributed by atoms with Crippen LogP contribution >= 0.6 is 0 Å². The summed E-state index contributed by atoms with van der Waals surface area (Å²) in [5.41, 5.74) is 2.59. The highest BCUT2D eigenvalue weighted by molar-refractivity contribution is 5.94. The first-order chi connectivity index (χ1) is 10.8. The predicted octanol–water partition coefficient (Wildman–Crippen LogP) is 1.38. The van der Waals surface area contributed by atoms with Gasteiger partial charge in [-0.1, -0.05) is 6.07 Å². The van der Waals surface area contributed by atoms with E-state index in [1.165, 1.54) is 0 Å². The highest BCUT2D eigenvalue weighted by Gasteiger charge is 2.25. The highest BCUT2D eigenvalue weighted by atomic mass is 16.2. The monoisotopic (exact) mass is 297 g/mol. The molecule has 1 aliphatic heterocycles. The number of pyridine rings is 2. The van der Waals surface area contributed by atoms with Gasteiger partial charge in [0.05, 0.1) is 5.69 Å². The number of carbonyl (C=O) groups excluding carboxylic acids is 2. The summed E-state index contributed by atoms with van der Waals surface area (Å²) in [5.74, 6) is 0. The van der Waals surface area contributed by atoms with Crippen molar-refractivity contribution in [3.05, 3.63) is 48.4 Å². The molecule has 2 aromatic rings. The number of nitrogens with one attached hydrogen (secondary N) is 2. The minimum atomic E-state index is -0.403. The molecule has 1 saturated heterocycles. The van der Waals surface area contributed by atoms with Gasteiger partial charge in [-0.25, -0.2) is 14.5 Å². The largest absolute Gasteiger partial charge is 0.336 e. The summed E-state index contributed by atoms with van der Waals surface area (Å²) in [7, 11) is 0. The summed E-state index contributed by atoms with van der Waals surface area (Å²) in [6.07, 6.45) is 5.09. The fraction of sp³-hybridized carbons (Fsp3) is 0.200. The molecule has 3 rings (SSSR count). The molecule has 0 aromatic carbocycles. The number of rotatable bonds is 3. The van der Waals surface area contributed by atoms with Gasteiger partial charge in [-0.15, -0.1) is 0 Å². The normalized spacial score (nSPS) is 13.8. The summed E-state index contributed by atoms with van der Waals surface area (Å²) in [4.78, 5) is 33.0. The zero-order valence-electron chi connectivity index (χ0n) is 11.8. The molecule has 2 aromatic heterocycles. The van der Waals surface area contributed by atoms with E-state index in [2.05, 4.69) is 20.6 Å². The Balaban J connectivity index is 1.73. The Morgan fingerprint density at radius 1 is 1.27 bits per heavy atom.